The van der Waals surface area contributed by atoms with Crippen molar-refractivity contribution in [3.8, 4) is 0 Å². The molecule has 2 heterocycles. The molecule has 0 saturated carbocycles. The number of anilines is 1. The van der Waals surface area contributed by atoms with Crippen molar-refractivity contribution < 1.29 is 19.1 Å². The third-order valence-electron chi connectivity index (χ3n) is 2.71. The van der Waals surface area contributed by atoms with Crippen LogP contribution in [0.3, 0.4) is 0 Å². The highest BCUT2D eigenvalue weighted by Gasteiger charge is 2.17. The maximum atomic E-state index is 12.0. The van der Waals surface area contributed by atoms with E-state index >= 15 is 0 Å². The number of aliphatic carboxylic acids is 1. The van der Waals surface area contributed by atoms with Crippen molar-refractivity contribution in [3.63, 3.8) is 0 Å². The van der Waals surface area contributed by atoms with Gasteiger partial charge in [0.2, 0.25) is 5.76 Å². The maximum Gasteiger partial charge on any atom is 0.303 e. The lowest BCUT2D eigenvalue weighted by molar-refractivity contribution is -0.137. The first-order valence-electron chi connectivity index (χ1n) is 6.37. The first-order chi connectivity index (χ1) is 9.95. The van der Waals surface area contributed by atoms with Gasteiger partial charge in [-0.25, -0.2) is 9.97 Å². The molecule has 0 spiro atoms. The van der Waals surface area contributed by atoms with Gasteiger partial charge in [0.05, 0.1) is 11.4 Å². The SMILES string of the molecule is Cc1nc(C)c(C(=O)Nc2nc(CCCC(=O)O)cs2)o1. The van der Waals surface area contributed by atoms with E-state index in [-0.39, 0.29) is 18.1 Å². The number of oxazole rings is 1. The number of carbonyl (C=O) groups is 2. The van der Waals surface area contributed by atoms with Crippen molar-refractivity contribution in [2.75, 3.05) is 5.32 Å². The first-order valence-corrected chi connectivity index (χ1v) is 7.25. The Bertz CT molecular complexity index is 662. The summed E-state index contributed by atoms with van der Waals surface area (Å²) in [6, 6.07) is 0. The van der Waals surface area contributed by atoms with Crippen LogP contribution in [0.15, 0.2) is 9.80 Å². The number of nitrogens with one attached hydrogen (secondary N) is 1. The van der Waals surface area contributed by atoms with Crippen molar-refractivity contribution in [1.82, 2.24) is 9.97 Å². The van der Waals surface area contributed by atoms with Crippen LogP contribution >= 0.6 is 11.3 Å². The molecule has 0 saturated heterocycles. The fourth-order valence-corrected chi connectivity index (χ4v) is 2.54. The third kappa shape index (κ3) is 4.12. The van der Waals surface area contributed by atoms with Crippen LogP contribution in [0.2, 0.25) is 0 Å². The second-order valence-electron chi connectivity index (χ2n) is 4.49. The molecule has 112 valence electrons. The van der Waals surface area contributed by atoms with Gasteiger partial charge in [0, 0.05) is 18.7 Å². The lowest BCUT2D eigenvalue weighted by atomic mass is 10.2. The van der Waals surface area contributed by atoms with Crippen LogP contribution in [-0.2, 0) is 11.2 Å². The molecule has 0 aliphatic rings. The van der Waals surface area contributed by atoms with Gasteiger partial charge >= 0.3 is 5.97 Å². The maximum absolute atomic E-state index is 12.0. The Balaban J connectivity index is 1.94. The Morgan fingerprint density at radius 3 is 2.76 bits per heavy atom. The summed E-state index contributed by atoms with van der Waals surface area (Å²) in [5.41, 5.74) is 1.30. The normalized spacial score (nSPS) is 10.6. The number of aromatic nitrogens is 2. The Hall–Kier alpha value is -2.22. The monoisotopic (exact) mass is 309 g/mol. The highest BCUT2D eigenvalue weighted by molar-refractivity contribution is 7.13. The van der Waals surface area contributed by atoms with E-state index in [2.05, 4.69) is 15.3 Å². The molecule has 7 nitrogen and oxygen atoms in total. The Morgan fingerprint density at radius 2 is 2.14 bits per heavy atom. The second-order valence-corrected chi connectivity index (χ2v) is 5.35. The van der Waals surface area contributed by atoms with Gasteiger partial charge in [-0.05, 0) is 19.8 Å². The van der Waals surface area contributed by atoms with Crippen molar-refractivity contribution in [2.24, 2.45) is 0 Å². The van der Waals surface area contributed by atoms with E-state index in [1.165, 1.54) is 11.3 Å². The molecule has 0 fully saturated rings. The summed E-state index contributed by atoms with van der Waals surface area (Å²) < 4.78 is 5.23. The molecule has 8 heteroatoms. The standard InChI is InChI=1S/C13H15N3O4S/c1-7-11(20-8(2)14-7)12(19)16-13-15-9(6-21-13)4-3-5-10(17)18/h6H,3-5H2,1-2H3,(H,17,18)(H,15,16,19). The average Bonchev–Trinajstić information content (AvgIpc) is 2.95. The smallest absolute Gasteiger partial charge is 0.303 e. The number of thiazole rings is 1. The van der Waals surface area contributed by atoms with E-state index in [0.717, 1.165) is 5.69 Å². The zero-order chi connectivity index (χ0) is 15.4. The van der Waals surface area contributed by atoms with Gasteiger partial charge in [-0.3, -0.25) is 14.9 Å². The molecule has 2 aromatic rings. The molecule has 2 aromatic heterocycles. The molecule has 0 atom stereocenters. The number of carbonyl (C=O) groups excluding carboxylic acids is 1. The summed E-state index contributed by atoms with van der Waals surface area (Å²) in [5, 5.41) is 13.5. The number of rotatable bonds is 6. The molecular weight excluding hydrogens is 294 g/mol. The van der Waals surface area contributed by atoms with E-state index in [9.17, 15) is 9.59 Å². The minimum Gasteiger partial charge on any atom is -0.481 e. The number of hydrogen-bond acceptors (Lipinski definition) is 6. The van der Waals surface area contributed by atoms with Crippen molar-refractivity contribution in [3.05, 3.63) is 28.4 Å². The molecule has 0 unspecified atom stereocenters. The number of carboxylic acid groups (broad SMARTS) is 1. The van der Waals surface area contributed by atoms with Gasteiger partial charge in [-0.2, -0.15) is 0 Å². The van der Waals surface area contributed by atoms with E-state index in [0.29, 0.717) is 29.6 Å². The molecular formula is C13H15N3O4S. The van der Waals surface area contributed by atoms with Crippen LogP contribution in [0.1, 0.15) is 40.7 Å². The van der Waals surface area contributed by atoms with Gasteiger partial charge in [-0.1, -0.05) is 0 Å². The molecule has 2 rings (SSSR count). The zero-order valence-electron chi connectivity index (χ0n) is 11.7. The summed E-state index contributed by atoms with van der Waals surface area (Å²) in [4.78, 5) is 30.7. The van der Waals surface area contributed by atoms with Crippen molar-refractivity contribution in [1.29, 1.82) is 0 Å². The second kappa shape index (κ2) is 6.49. The molecule has 1 amide bonds. The largest absolute Gasteiger partial charge is 0.481 e. The number of nitrogens with zero attached hydrogens (tertiary/aromatic N) is 2. The highest BCUT2D eigenvalue weighted by Crippen LogP contribution is 2.19. The van der Waals surface area contributed by atoms with Gasteiger partial charge in [0.25, 0.3) is 5.91 Å². The molecule has 0 bridgehead atoms. The predicted octanol–water partition coefficient (Wildman–Crippen LogP) is 2.41. The average molecular weight is 309 g/mol. The van der Waals surface area contributed by atoms with Crippen LogP contribution < -0.4 is 5.32 Å². The van der Waals surface area contributed by atoms with E-state index in [4.69, 9.17) is 9.52 Å². The van der Waals surface area contributed by atoms with Crippen LogP contribution in [0, 0.1) is 13.8 Å². The van der Waals surface area contributed by atoms with E-state index in [1.807, 2.05) is 0 Å². The third-order valence-corrected chi connectivity index (χ3v) is 3.51. The molecule has 2 N–H and O–H groups in total. The topological polar surface area (TPSA) is 105 Å². The number of aryl methyl sites for hydroxylation is 3. The van der Waals surface area contributed by atoms with Crippen LogP contribution in [-0.4, -0.2) is 27.0 Å². The van der Waals surface area contributed by atoms with Gasteiger partial charge < -0.3 is 9.52 Å². The van der Waals surface area contributed by atoms with Gasteiger partial charge in [-0.15, -0.1) is 11.3 Å². The molecule has 0 radical (unpaired) electrons. The summed E-state index contributed by atoms with van der Waals surface area (Å²) in [6.07, 6.45) is 1.20. The minimum absolute atomic E-state index is 0.107. The fraction of sp³-hybridized carbons (Fsp3) is 0.385. The predicted molar refractivity (Wildman–Crippen MR) is 76.6 cm³/mol. The van der Waals surface area contributed by atoms with Crippen LogP contribution in [0.25, 0.3) is 0 Å². The Kier molecular flexibility index (Phi) is 4.69. The van der Waals surface area contributed by atoms with E-state index in [1.54, 1.807) is 19.2 Å². The summed E-state index contributed by atoms with van der Waals surface area (Å²) in [7, 11) is 0. The lowest BCUT2D eigenvalue weighted by Gasteiger charge is -1.98. The Labute approximate surface area is 125 Å². The van der Waals surface area contributed by atoms with Crippen LogP contribution in [0.4, 0.5) is 5.13 Å². The van der Waals surface area contributed by atoms with Gasteiger partial charge in [0.1, 0.15) is 0 Å². The lowest BCUT2D eigenvalue weighted by Crippen LogP contribution is -2.12. The number of carboxylic acids is 1. The molecule has 21 heavy (non-hydrogen) atoms. The zero-order valence-corrected chi connectivity index (χ0v) is 12.5. The molecule has 0 aromatic carbocycles. The fourth-order valence-electron chi connectivity index (χ4n) is 1.80. The van der Waals surface area contributed by atoms with Crippen molar-refractivity contribution in [2.45, 2.75) is 33.1 Å². The Morgan fingerprint density at radius 1 is 1.38 bits per heavy atom. The summed E-state index contributed by atoms with van der Waals surface area (Å²) in [6.45, 7) is 3.37. The number of hydrogen-bond donors (Lipinski definition) is 2. The molecule has 0 aliphatic heterocycles. The number of amides is 1. The van der Waals surface area contributed by atoms with Gasteiger partial charge in [0.15, 0.2) is 11.0 Å². The summed E-state index contributed by atoms with van der Waals surface area (Å²) in [5.74, 6) is -0.601. The summed E-state index contributed by atoms with van der Waals surface area (Å²) >= 11 is 1.29. The highest BCUT2D eigenvalue weighted by atomic mass is 32.1. The van der Waals surface area contributed by atoms with E-state index < -0.39 is 5.97 Å². The van der Waals surface area contributed by atoms with Crippen molar-refractivity contribution >= 4 is 28.3 Å². The van der Waals surface area contributed by atoms with Crippen LogP contribution in [0.5, 0.6) is 0 Å². The quantitative estimate of drug-likeness (QED) is 0.849. The first kappa shape index (κ1) is 15.2. The molecule has 0 aliphatic carbocycles. The minimum atomic E-state index is -0.824.